The lowest BCUT2D eigenvalue weighted by molar-refractivity contribution is 0.859. The maximum absolute atomic E-state index is 5.99. The maximum Gasteiger partial charge on any atom is 0.193 e. The third-order valence-corrected chi connectivity index (χ3v) is 3.54. The van der Waals surface area contributed by atoms with Crippen LogP contribution in [0.15, 0.2) is 59.9 Å². The van der Waals surface area contributed by atoms with Crippen LogP contribution in [-0.4, -0.2) is 20.7 Å². The summed E-state index contributed by atoms with van der Waals surface area (Å²) in [6.45, 7) is 4.44. The zero-order valence-electron chi connectivity index (χ0n) is 13.8. The number of anilines is 1. The van der Waals surface area contributed by atoms with Crippen molar-refractivity contribution in [2.45, 2.75) is 20.4 Å². The number of aromatic nitrogens is 3. The number of rotatable bonds is 4. The van der Waals surface area contributed by atoms with E-state index in [4.69, 9.17) is 5.73 Å². The standard InChI is InChI=1S/C18H20N6/c1-13-8-14(2)10-15(9-13)22-18(19)20-11-17-23-21-12-24(17)16-6-4-3-5-7-16/h3-10,12H,11H2,1-2H3,(H3,19,20,22). The van der Waals surface area contributed by atoms with Crippen molar-refractivity contribution >= 4 is 11.6 Å². The van der Waals surface area contributed by atoms with Crippen LogP contribution < -0.4 is 11.1 Å². The lowest BCUT2D eigenvalue weighted by Crippen LogP contribution is -2.23. The largest absolute Gasteiger partial charge is 0.370 e. The third-order valence-electron chi connectivity index (χ3n) is 3.54. The highest BCUT2D eigenvalue weighted by molar-refractivity contribution is 5.92. The number of nitrogens with two attached hydrogens (primary N) is 1. The second-order valence-corrected chi connectivity index (χ2v) is 5.66. The monoisotopic (exact) mass is 320 g/mol. The average Bonchev–Trinajstić information content (AvgIpc) is 3.01. The second-order valence-electron chi connectivity index (χ2n) is 5.66. The first-order chi connectivity index (χ1) is 11.6. The van der Waals surface area contributed by atoms with Crippen molar-refractivity contribution in [2.75, 3.05) is 5.32 Å². The van der Waals surface area contributed by atoms with Gasteiger partial charge >= 0.3 is 0 Å². The molecular formula is C18H20N6. The molecule has 1 heterocycles. The van der Waals surface area contributed by atoms with Gasteiger partial charge in [-0.1, -0.05) is 24.3 Å². The number of para-hydroxylation sites is 1. The molecule has 0 aliphatic carbocycles. The van der Waals surface area contributed by atoms with Crippen LogP contribution in [0.25, 0.3) is 5.69 Å². The summed E-state index contributed by atoms with van der Waals surface area (Å²) in [5, 5.41) is 11.2. The third kappa shape index (κ3) is 3.78. The smallest absolute Gasteiger partial charge is 0.193 e. The Morgan fingerprint density at radius 3 is 2.54 bits per heavy atom. The zero-order valence-corrected chi connectivity index (χ0v) is 13.8. The first-order valence-electron chi connectivity index (χ1n) is 7.71. The fraction of sp³-hybridized carbons (Fsp3) is 0.167. The number of guanidine groups is 1. The van der Waals surface area contributed by atoms with Gasteiger partial charge in [0.2, 0.25) is 0 Å². The molecule has 0 aliphatic rings. The van der Waals surface area contributed by atoms with Crippen LogP contribution in [0, 0.1) is 13.8 Å². The van der Waals surface area contributed by atoms with E-state index < -0.39 is 0 Å². The number of aryl methyl sites for hydroxylation is 2. The van der Waals surface area contributed by atoms with Crippen molar-refractivity contribution in [1.82, 2.24) is 14.8 Å². The molecule has 0 atom stereocenters. The Balaban J connectivity index is 1.73. The maximum atomic E-state index is 5.99. The molecule has 0 bridgehead atoms. The Labute approximate surface area is 141 Å². The van der Waals surface area contributed by atoms with Gasteiger partial charge in [-0.05, 0) is 49.2 Å². The number of hydrogen-bond donors (Lipinski definition) is 2. The van der Waals surface area contributed by atoms with Crippen LogP contribution >= 0.6 is 0 Å². The minimum atomic E-state index is 0.346. The molecule has 0 aliphatic heterocycles. The molecule has 0 amide bonds. The van der Waals surface area contributed by atoms with Crippen LogP contribution in [0.5, 0.6) is 0 Å². The summed E-state index contributed by atoms with van der Waals surface area (Å²) in [4.78, 5) is 4.37. The molecule has 6 nitrogen and oxygen atoms in total. The minimum Gasteiger partial charge on any atom is -0.370 e. The van der Waals surface area contributed by atoms with E-state index in [9.17, 15) is 0 Å². The molecule has 1 aromatic heterocycles. The highest BCUT2D eigenvalue weighted by Crippen LogP contribution is 2.14. The van der Waals surface area contributed by atoms with Crippen molar-refractivity contribution in [3.8, 4) is 5.69 Å². The molecule has 0 unspecified atom stereocenters. The number of benzene rings is 2. The SMILES string of the molecule is Cc1cc(C)cc(NC(N)=NCc2nncn2-c2ccccc2)c1. The summed E-state index contributed by atoms with van der Waals surface area (Å²) in [5.41, 5.74) is 10.3. The Morgan fingerprint density at radius 2 is 1.83 bits per heavy atom. The molecule has 3 N–H and O–H groups in total. The fourth-order valence-electron chi connectivity index (χ4n) is 2.56. The summed E-state index contributed by atoms with van der Waals surface area (Å²) in [7, 11) is 0. The van der Waals surface area contributed by atoms with E-state index in [0.717, 1.165) is 17.2 Å². The number of aliphatic imine (C=N–C) groups is 1. The molecular weight excluding hydrogens is 300 g/mol. The van der Waals surface area contributed by atoms with Crippen molar-refractivity contribution in [2.24, 2.45) is 10.7 Å². The zero-order chi connectivity index (χ0) is 16.9. The quantitative estimate of drug-likeness (QED) is 0.572. The van der Waals surface area contributed by atoms with E-state index in [1.54, 1.807) is 6.33 Å². The topological polar surface area (TPSA) is 81.1 Å². The van der Waals surface area contributed by atoms with E-state index in [1.165, 1.54) is 11.1 Å². The molecule has 2 aromatic carbocycles. The highest BCUT2D eigenvalue weighted by atomic mass is 15.3. The number of nitrogens with one attached hydrogen (secondary N) is 1. The van der Waals surface area contributed by atoms with Gasteiger partial charge < -0.3 is 11.1 Å². The Morgan fingerprint density at radius 1 is 1.12 bits per heavy atom. The molecule has 0 saturated heterocycles. The number of nitrogens with zero attached hydrogens (tertiary/aromatic N) is 4. The van der Waals surface area contributed by atoms with E-state index in [0.29, 0.717) is 12.5 Å². The molecule has 6 heteroatoms. The predicted molar refractivity (Wildman–Crippen MR) is 96.2 cm³/mol. The van der Waals surface area contributed by atoms with E-state index in [-0.39, 0.29) is 0 Å². The van der Waals surface area contributed by atoms with Gasteiger partial charge in [0.15, 0.2) is 11.8 Å². The van der Waals surface area contributed by atoms with Crippen molar-refractivity contribution < 1.29 is 0 Å². The van der Waals surface area contributed by atoms with Gasteiger partial charge in [0, 0.05) is 11.4 Å². The predicted octanol–water partition coefficient (Wildman–Crippen LogP) is 2.81. The molecule has 0 saturated carbocycles. The Bertz CT molecular complexity index is 831. The summed E-state index contributed by atoms with van der Waals surface area (Å²) >= 11 is 0. The lowest BCUT2D eigenvalue weighted by atomic mass is 10.1. The first-order valence-corrected chi connectivity index (χ1v) is 7.71. The fourth-order valence-corrected chi connectivity index (χ4v) is 2.56. The van der Waals surface area contributed by atoms with Gasteiger partial charge in [0.1, 0.15) is 12.9 Å². The van der Waals surface area contributed by atoms with Gasteiger partial charge in [-0.2, -0.15) is 0 Å². The van der Waals surface area contributed by atoms with Gasteiger partial charge in [-0.15, -0.1) is 10.2 Å². The average molecular weight is 320 g/mol. The first kappa shape index (κ1) is 15.7. The molecule has 122 valence electrons. The van der Waals surface area contributed by atoms with Crippen LogP contribution in [0.1, 0.15) is 17.0 Å². The van der Waals surface area contributed by atoms with Gasteiger partial charge in [-0.3, -0.25) is 4.57 Å². The lowest BCUT2D eigenvalue weighted by Gasteiger charge is -2.08. The van der Waals surface area contributed by atoms with Crippen LogP contribution in [-0.2, 0) is 6.54 Å². The Kier molecular flexibility index (Phi) is 4.56. The summed E-state index contributed by atoms with van der Waals surface area (Å²) in [5.74, 6) is 1.08. The molecule has 0 spiro atoms. The van der Waals surface area contributed by atoms with Crippen molar-refractivity contribution in [3.63, 3.8) is 0 Å². The minimum absolute atomic E-state index is 0.346. The summed E-state index contributed by atoms with van der Waals surface area (Å²) in [6, 6.07) is 16.1. The Hall–Kier alpha value is -3.15. The van der Waals surface area contributed by atoms with Crippen molar-refractivity contribution in [1.29, 1.82) is 0 Å². The second kappa shape index (κ2) is 6.95. The van der Waals surface area contributed by atoms with Crippen LogP contribution in [0.3, 0.4) is 0 Å². The van der Waals surface area contributed by atoms with E-state index >= 15 is 0 Å². The normalized spacial score (nSPS) is 11.5. The van der Waals surface area contributed by atoms with Crippen LogP contribution in [0.2, 0.25) is 0 Å². The number of hydrogen-bond acceptors (Lipinski definition) is 3. The van der Waals surface area contributed by atoms with E-state index in [2.05, 4.69) is 26.6 Å². The van der Waals surface area contributed by atoms with Gasteiger partial charge in [-0.25, -0.2) is 4.99 Å². The summed E-state index contributed by atoms with van der Waals surface area (Å²) < 4.78 is 1.90. The summed E-state index contributed by atoms with van der Waals surface area (Å²) in [6.07, 6.45) is 1.67. The van der Waals surface area contributed by atoms with Crippen molar-refractivity contribution in [3.05, 3.63) is 71.8 Å². The molecule has 24 heavy (non-hydrogen) atoms. The molecule has 3 aromatic rings. The van der Waals surface area contributed by atoms with E-state index in [1.807, 2.05) is 60.9 Å². The molecule has 0 radical (unpaired) electrons. The van der Waals surface area contributed by atoms with Gasteiger partial charge in [0.25, 0.3) is 0 Å². The molecule has 0 fully saturated rings. The van der Waals surface area contributed by atoms with Gasteiger partial charge in [0.05, 0.1) is 0 Å². The van der Waals surface area contributed by atoms with Crippen LogP contribution in [0.4, 0.5) is 5.69 Å². The molecule has 3 rings (SSSR count). The highest BCUT2D eigenvalue weighted by Gasteiger charge is 2.05.